The van der Waals surface area contributed by atoms with Crippen LogP contribution in [0.4, 0.5) is 13.2 Å². The predicted molar refractivity (Wildman–Crippen MR) is 73.8 cm³/mol. The molecule has 2 aromatic rings. The zero-order valence-corrected chi connectivity index (χ0v) is 12.0. The van der Waals surface area contributed by atoms with Gasteiger partial charge in [-0.3, -0.25) is 0 Å². The molecule has 0 radical (unpaired) electrons. The number of halogens is 3. The quantitative estimate of drug-likeness (QED) is 0.924. The number of hydrogen-bond acceptors (Lipinski definition) is 3. The first-order valence-corrected chi connectivity index (χ1v) is 7.03. The molecule has 1 aromatic carbocycles. The molecular weight excluding hydrogens is 285 g/mol. The predicted octanol–water partition coefficient (Wildman–Crippen LogP) is 3.97. The van der Waals surface area contributed by atoms with Crippen LogP contribution in [0, 0.1) is 6.92 Å². The number of alkyl halides is 3. The van der Waals surface area contributed by atoms with Crippen LogP contribution < -0.4 is 5.32 Å². The Morgan fingerprint density at radius 2 is 1.90 bits per heavy atom. The second-order valence-electron chi connectivity index (χ2n) is 4.54. The first-order chi connectivity index (χ1) is 9.41. The van der Waals surface area contributed by atoms with Crippen molar-refractivity contribution in [1.29, 1.82) is 0 Å². The van der Waals surface area contributed by atoms with Crippen molar-refractivity contribution in [3.63, 3.8) is 0 Å². The second-order valence-corrected chi connectivity index (χ2v) is 5.43. The molecule has 1 atom stereocenters. The summed E-state index contributed by atoms with van der Waals surface area (Å²) in [6.07, 6.45) is -3.65. The summed E-state index contributed by atoms with van der Waals surface area (Å²) in [6.45, 7) is 1.93. The van der Waals surface area contributed by atoms with Crippen molar-refractivity contribution in [3.8, 4) is 0 Å². The summed E-state index contributed by atoms with van der Waals surface area (Å²) < 4.78 is 37.5. The Kier molecular flexibility index (Phi) is 4.45. The number of likely N-dealkylation sites (N-methyl/N-ethyl adjacent to an activating group) is 1. The van der Waals surface area contributed by atoms with Crippen molar-refractivity contribution < 1.29 is 13.2 Å². The first kappa shape index (κ1) is 15.0. The fourth-order valence-corrected chi connectivity index (χ4v) is 2.95. The zero-order chi connectivity index (χ0) is 14.8. The Bertz CT molecular complexity index is 561. The molecule has 0 aliphatic heterocycles. The molecule has 0 saturated carbocycles. The van der Waals surface area contributed by atoms with Gasteiger partial charge in [-0.2, -0.15) is 13.2 Å². The van der Waals surface area contributed by atoms with E-state index < -0.39 is 11.7 Å². The lowest BCUT2D eigenvalue weighted by atomic mass is 10.0. The minimum absolute atomic E-state index is 0.0687. The van der Waals surface area contributed by atoms with Crippen LogP contribution >= 0.6 is 11.3 Å². The zero-order valence-electron chi connectivity index (χ0n) is 11.2. The Morgan fingerprint density at radius 1 is 1.25 bits per heavy atom. The maximum Gasteiger partial charge on any atom is 0.416 e. The third kappa shape index (κ3) is 3.37. The maximum atomic E-state index is 12.5. The highest BCUT2D eigenvalue weighted by Crippen LogP contribution is 2.30. The lowest BCUT2D eigenvalue weighted by molar-refractivity contribution is -0.137. The van der Waals surface area contributed by atoms with Crippen LogP contribution in [-0.4, -0.2) is 12.0 Å². The van der Waals surface area contributed by atoms with Crippen LogP contribution in [0.25, 0.3) is 0 Å². The SMILES string of the molecule is CNC(Cc1ccc(C(F)(F)F)cc1)c1scnc1C. The van der Waals surface area contributed by atoms with Crippen LogP contribution in [0.1, 0.15) is 27.7 Å². The van der Waals surface area contributed by atoms with E-state index in [0.717, 1.165) is 28.3 Å². The average molecular weight is 300 g/mol. The molecule has 0 amide bonds. The van der Waals surface area contributed by atoms with Crippen LogP contribution in [0.2, 0.25) is 0 Å². The number of benzene rings is 1. The van der Waals surface area contributed by atoms with Crippen molar-refractivity contribution in [2.45, 2.75) is 25.6 Å². The smallest absolute Gasteiger partial charge is 0.312 e. The molecule has 1 heterocycles. The molecule has 1 unspecified atom stereocenters. The van der Waals surface area contributed by atoms with Gasteiger partial charge in [-0.25, -0.2) is 4.98 Å². The molecule has 108 valence electrons. The third-order valence-electron chi connectivity index (χ3n) is 3.17. The van der Waals surface area contributed by atoms with Gasteiger partial charge >= 0.3 is 6.18 Å². The number of thiazole rings is 1. The highest BCUT2D eigenvalue weighted by atomic mass is 32.1. The number of rotatable bonds is 4. The number of aromatic nitrogens is 1. The largest absolute Gasteiger partial charge is 0.416 e. The number of nitrogens with one attached hydrogen (secondary N) is 1. The third-order valence-corrected chi connectivity index (χ3v) is 4.21. The van der Waals surface area contributed by atoms with Gasteiger partial charge in [-0.05, 0) is 38.1 Å². The Balaban J connectivity index is 2.15. The number of aryl methyl sites for hydroxylation is 1. The van der Waals surface area contributed by atoms with Crippen LogP contribution in [0.15, 0.2) is 29.8 Å². The number of nitrogens with zero attached hydrogens (tertiary/aromatic N) is 1. The van der Waals surface area contributed by atoms with Crippen LogP contribution in [0.5, 0.6) is 0 Å². The van der Waals surface area contributed by atoms with Gasteiger partial charge in [-0.15, -0.1) is 11.3 Å². The Hall–Kier alpha value is -1.40. The van der Waals surface area contributed by atoms with E-state index in [-0.39, 0.29) is 6.04 Å². The minimum Gasteiger partial charge on any atom is -0.312 e. The van der Waals surface area contributed by atoms with Crippen molar-refractivity contribution in [3.05, 3.63) is 51.5 Å². The summed E-state index contributed by atoms with van der Waals surface area (Å²) in [5, 5.41) is 3.19. The van der Waals surface area contributed by atoms with Gasteiger partial charge in [0.1, 0.15) is 0 Å². The van der Waals surface area contributed by atoms with E-state index in [1.807, 2.05) is 14.0 Å². The normalized spacial score (nSPS) is 13.4. The van der Waals surface area contributed by atoms with Crippen molar-refractivity contribution in [1.82, 2.24) is 10.3 Å². The van der Waals surface area contributed by atoms with Gasteiger partial charge in [0.05, 0.1) is 16.8 Å². The van der Waals surface area contributed by atoms with Gasteiger partial charge in [0, 0.05) is 10.9 Å². The first-order valence-electron chi connectivity index (χ1n) is 6.15. The summed E-state index contributed by atoms with van der Waals surface area (Å²) in [7, 11) is 1.84. The van der Waals surface area contributed by atoms with Gasteiger partial charge in [0.15, 0.2) is 0 Å². The van der Waals surface area contributed by atoms with E-state index in [1.54, 1.807) is 16.8 Å². The lowest BCUT2D eigenvalue weighted by Crippen LogP contribution is -2.18. The van der Waals surface area contributed by atoms with E-state index in [0.29, 0.717) is 6.42 Å². The van der Waals surface area contributed by atoms with Gasteiger partial charge in [-0.1, -0.05) is 12.1 Å². The maximum absolute atomic E-state index is 12.5. The minimum atomic E-state index is -4.28. The second kappa shape index (κ2) is 5.93. The fourth-order valence-electron chi connectivity index (χ4n) is 2.04. The summed E-state index contributed by atoms with van der Waals surface area (Å²) in [5.41, 5.74) is 2.99. The molecule has 0 bridgehead atoms. The Morgan fingerprint density at radius 3 is 2.35 bits per heavy atom. The van der Waals surface area contributed by atoms with Gasteiger partial charge in [0.2, 0.25) is 0 Å². The van der Waals surface area contributed by atoms with E-state index in [1.165, 1.54) is 12.1 Å². The van der Waals surface area contributed by atoms with Gasteiger partial charge < -0.3 is 5.32 Å². The highest BCUT2D eigenvalue weighted by Gasteiger charge is 2.30. The summed E-state index contributed by atoms with van der Waals surface area (Å²) in [6, 6.07) is 5.38. The van der Waals surface area contributed by atoms with E-state index in [4.69, 9.17) is 0 Å². The van der Waals surface area contributed by atoms with Crippen LogP contribution in [0.3, 0.4) is 0 Å². The Labute approximate surface area is 119 Å². The monoisotopic (exact) mass is 300 g/mol. The molecule has 6 heteroatoms. The molecule has 0 saturated heterocycles. The molecule has 2 nitrogen and oxygen atoms in total. The fraction of sp³-hybridized carbons (Fsp3) is 0.357. The van der Waals surface area contributed by atoms with Crippen molar-refractivity contribution in [2.24, 2.45) is 0 Å². The van der Waals surface area contributed by atoms with Crippen LogP contribution in [-0.2, 0) is 12.6 Å². The molecule has 0 aliphatic rings. The molecule has 0 fully saturated rings. The molecule has 2 rings (SSSR count). The lowest BCUT2D eigenvalue weighted by Gasteiger charge is -2.16. The summed E-state index contributed by atoms with van der Waals surface area (Å²) in [4.78, 5) is 5.32. The van der Waals surface area contributed by atoms with E-state index in [2.05, 4.69) is 10.3 Å². The standard InChI is InChI=1S/C14H15F3N2S/c1-9-13(20-8-19-9)12(18-2)7-10-3-5-11(6-4-10)14(15,16)17/h3-6,8,12,18H,7H2,1-2H3. The molecule has 1 N–H and O–H groups in total. The molecule has 0 aliphatic carbocycles. The molecule has 20 heavy (non-hydrogen) atoms. The van der Waals surface area contributed by atoms with E-state index in [9.17, 15) is 13.2 Å². The highest BCUT2D eigenvalue weighted by molar-refractivity contribution is 7.09. The van der Waals surface area contributed by atoms with Crippen molar-refractivity contribution in [2.75, 3.05) is 7.05 Å². The molecular formula is C14H15F3N2S. The molecule has 0 spiro atoms. The number of hydrogen-bond donors (Lipinski definition) is 1. The van der Waals surface area contributed by atoms with Crippen molar-refractivity contribution >= 4 is 11.3 Å². The average Bonchev–Trinajstić information content (AvgIpc) is 2.82. The topological polar surface area (TPSA) is 24.9 Å². The summed E-state index contributed by atoms with van der Waals surface area (Å²) >= 11 is 1.56. The van der Waals surface area contributed by atoms with E-state index >= 15 is 0 Å². The molecule has 1 aromatic heterocycles. The summed E-state index contributed by atoms with van der Waals surface area (Å²) in [5.74, 6) is 0. The van der Waals surface area contributed by atoms with Gasteiger partial charge in [0.25, 0.3) is 0 Å².